The van der Waals surface area contributed by atoms with Gasteiger partial charge >= 0.3 is 0 Å². The van der Waals surface area contributed by atoms with E-state index in [1.54, 1.807) is 24.5 Å². The Balaban J connectivity index is 1.98. The Kier molecular flexibility index (Phi) is 3.34. The summed E-state index contributed by atoms with van der Waals surface area (Å²) >= 11 is 3.28. The summed E-state index contributed by atoms with van der Waals surface area (Å²) in [4.78, 5) is 20.6. The average molecular weight is 346 g/mol. The van der Waals surface area contributed by atoms with Crippen LogP contribution in [0.15, 0.2) is 41.3 Å². The lowest BCUT2D eigenvalue weighted by atomic mass is 10.2. The van der Waals surface area contributed by atoms with E-state index in [4.69, 9.17) is 5.73 Å². The number of rotatable bonds is 2. The first kappa shape index (κ1) is 13.6. The molecule has 0 aliphatic carbocycles. The number of nitrogen functional groups attached to an aromatic ring is 1. The molecular formula is C14H12BrN5O. The van der Waals surface area contributed by atoms with E-state index >= 15 is 0 Å². The first-order valence-corrected chi connectivity index (χ1v) is 6.98. The summed E-state index contributed by atoms with van der Waals surface area (Å²) < 4.78 is 2.58. The molecule has 0 bridgehead atoms. The summed E-state index contributed by atoms with van der Waals surface area (Å²) in [6.07, 6.45) is 5.09. The molecule has 1 amide bonds. The van der Waals surface area contributed by atoms with Gasteiger partial charge in [-0.3, -0.25) is 4.79 Å². The standard InChI is InChI=1S/C14H12BrN5O/c1-20-5-3-9-11(2-4-17-13(9)20)19-14(21)10-6-8(15)7-18-12(10)16/h2-7H,1H3,(H2,16,18)(H,17,19,21). The van der Waals surface area contributed by atoms with E-state index in [1.165, 1.54) is 0 Å². The summed E-state index contributed by atoms with van der Waals surface area (Å²) in [5.74, 6) is -0.119. The lowest BCUT2D eigenvalue weighted by Gasteiger charge is -2.08. The highest BCUT2D eigenvalue weighted by molar-refractivity contribution is 9.10. The van der Waals surface area contributed by atoms with Crippen LogP contribution in [-0.2, 0) is 7.05 Å². The summed E-state index contributed by atoms with van der Waals surface area (Å²) in [5, 5.41) is 3.72. The van der Waals surface area contributed by atoms with Crippen molar-refractivity contribution in [2.45, 2.75) is 0 Å². The number of aromatic nitrogens is 3. The van der Waals surface area contributed by atoms with E-state index < -0.39 is 0 Å². The fraction of sp³-hybridized carbons (Fsp3) is 0.0714. The van der Waals surface area contributed by atoms with Crippen molar-refractivity contribution in [3.05, 3.63) is 46.8 Å². The maximum Gasteiger partial charge on any atom is 0.259 e. The number of carbonyl (C=O) groups excluding carboxylic acids is 1. The van der Waals surface area contributed by atoms with Crippen LogP contribution in [0.3, 0.4) is 0 Å². The molecule has 6 nitrogen and oxygen atoms in total. The van der Waals surface area contributed by atoms with Gasteiger partial charge in [-0.25, -0.2) is 9.97 Å². The van der Waals surface area contributed by atoms with Crippen molar-refractivity contribution in [3.63, 3.8) is 0 Å². The number of nitrogens with one attached hydrogen (secondary N) is 1. The van der Waals surface area contributed by atoms with Crippen molar-refractivity contribution >= 4 is 44.4 Å². The molecular weight excluding hydrogens is 334 g/mol. The highest BCUT2D eigenvalue weighted by atomic mass is 79.9. The van der Waals surface area contributed by atoms with Crippen LogP contribution in [0, 0.1) is 0 Å². The van der Waals surface area contributed by atoms with Gasteiger partial charge in [-0.15, -0.1) is 0 Å². The number of halogens is 1. The third-order valence-electron chi connectivity index (χ3n) is 3.15. The van der Waals surface area contributed by atoms with Crippen molar-refractivity contribution in [1.29, 1.82) is 0 Å². The zero-order chi connectivity index (χ0) is 15.0. The lowest BCUT2D eigenvalue weighted by molar-refractivity contribution is 0.102. The highest BCUT2D eigenvalue weighted by Crippen LogP contribution is 2.23. The molecule has 3 rings (SSSR count). The lowest BCUT2D eigenvalue weighted by Crippen LogP contribution is -2.15. The van der Waals surface area contributed by atoms with Crippen LogP contribution in [0.1, 0.15) is 10.4 Å². The SMILES string of the molecule is Cn1ccc2c(NC(=O)c3cc(Br)cnc3N)ccnc21. The molecule has 0 aromatic carbocycles. The third kappa shape index (κ3) is 2.47. The van der Waals surface area contributed by atoms with Crippen LogP contribution < -0.4 is 11.1 Å². The molecule has 0 atom stereocenters. The van der Waals surface area contributed by atoms with Gasteiger partial charge in [-0.2, -0.15) is 0 Å². The van der Waals surface area contributed by atoms with E-state index in [2.05, 4.69) is 31.2 Å². The van der Waals surface area contributed by atoms with E-state index in [0.29, 0.717) is 15.7 Å². The molecule has 0 spiro atoms. The maximum absolute atomic E-state index is 12.4. The summed E-state index contributed by atoms with van der Waals surface area (Å²) in [5.41, 5.74) is 7.56. The van der Waals surface area contributed by atoms with Gasteiger partial charge in [0.1, 0.15) is 11.5 Å². The summed E-state index contributed by atoms with van der Waals surface area (Å²) in [6, 6.07) is 5.29. The molecule has 3 aromatic heterocycles. The van der Waals surface area contributed by atoms with Gasteiger partial charge < -0.3 is 15.6 Å². The molecule has 3 N–H and O–H groups in total. The fourth-order valence-electron chi connectivity index (χ4n) is 2.09. The molecule has 0 radical (unpaired) electrons. The fourth-order valence-corrected chi connectivity index (χ4v) is 2.43. The monoisotopic (exact) mass is 345 g/mol. The Morgan fingerprint density at radius 1 is 1.38 bits per heavy atom. The Morgan fingerprint density at radius 3 is 3.00 bits per heavy atom. The van der Waals surface area contributed by atoms with Gasteiger partial charge in [-0.1, -0.05) is 0 Å². The molecule has 106 valence electrons. The predicted octanol–water partition coefficient (Wildman–Crippen LogP) is 2.57. The molecule has 7 heteroatoms. The van der Waals surface area contributed by atoms with Crippen LogP contribution >= 0.6 is 15.9 Å². The van der Waals surface area contributed by atoms with Crippen LogP contribution in [0.25, 0.3) is 11.0 Å². The molecule has 0 saturated heterocycles. The number of fused-ring (bicyclic) bond motifs is 1. The minimum absolute atomic E-state index is 0.189. The summed E-state index contributed by atoms with van der Waals surface area (Å²) in [6.45, 7) is 0. The van der Waals surface area contributed by atoms with E-state index in [9.17, 15) is 4.79 Å². The van der Waals surface area contributed by atoms with Gasteiger partial charge in [0.05, 0.1) is 11.3 Å². The zero-order valence-corrected chi connectivity index (χ0v) is 12.8. The predicted molar refractivity (Wildman–Crippen MR) is 85.0 cm³/mol. The Hall–Kier alpha value is -2.41. The van der Waals surface area contributed by atoms with Gasteiger partial charge in [0.25, 0.3) is 5.91 Å². The van der Waals surface area contributed by atoms with Crippen molar-refractivity contribution < 1.29 is 4.79 Å². The van der Waals surface area contributed by atoms with E-state index in [1.807, 2.05) is 23.9 Å². The molecule has 21 heavy (non-hydrogen) atoms. The molecule has 0 unspecified atom stereocenters. The molecule has 3 heterocycles. The van der Waals surface area contributed by atoms with E-state index in [0.717, 1.165) is 11.0 Å². The van der Waals surface area contributed by atoms with Gasteiger partial charge in [0.2, 0.25) is 0 Å². The third-order valence-corrected chi connectivity index (χ3v) is 3.58. The normalized spacial score (nSPS) is 10.8. The number of carbonyl (C=O) groups is 1. The van der Waals surface area contributed by atoms with Crippen molar-refractivity contribution in [2.24, 2.45) is 7.05 Å². The molecule has 0 aliphatic rings. The second kappa shape index (κ2) is 5.17. The number of hydrogen-bond acceptors (Lipinski definition) is 4. The second-order valence-electron chi connectivity index (χ2n) is 4.56. The van der Waals surface area contributed by atoms with Crippen molar-refractivity contribution in [3.8, 4) is 0 Å². The Morgan fingerprint density at radius 2 is 2.19 bits per heavy atom. The minimum Gasteiger partial charge on any atom is -0.383 e. The Labute approximate surface area is 129 Å². The molecule has 0 aliphatic heterocycles. The number of hydrogen-bond donors (Lipinski definition) is 2. The molecule has 0 saturated carbocycles. The number of nitrogens with two attached hydrogens (primary N) is 1. The second-order valence-corrected chi connectivity index (χ2v) is 5.48. The quantitative estimate of drug-likeness (QED) is 0.747. The Bertz CT molecular complexity index is 842. The number of anilines is 2. The van der Waals surface area contributed by atoms with Crippen LogP contribution in [0.4, 0.5) is 11.5 Å². The van der Waals surface area contributed by atoms with Gasteiger partial charge in [0.15, 0.2) is 0 Å². The number of pyridine rings is 2. The number of aryl methyl sites for hydroxylation is 1. The van der Waals surface area contributed by atoms with Crippen LogP contribution in [0.2, 0.25) is 0 Å². The minimum atomic E-state index is -0.308. The molecule has 3 aromatic rings. The zero-order valence-electron chi connectivity index (χ0n) is 11.2. The van der Waals surface area contributed by atoms with E-state index in [-0.39, 0.29) is 11.7 Å². The average Bonchev–Trinajstić information content (AvgIpc) is 2.84. The smallest absolute Gasteiger partial charge is 0.259 e. The molecule has 0 fully saturated rings. The van der Waals surface area contributed by atoms with Crippen LogP contribution in [-0.4, -0.2) is 20.4 Å². The largest absolute Gasteiger partial charge is 0.383 e. The number of amides is 1. The van der Waals surface area contributed by atoms with Gasteiger partial charge in [0, 0.05) is 35.5 Å². The first-order chi connectivity index (χ1) is 10.1. The topological polar surface area (TPSA) is 85.8 Å². The van der Waals surface area contributed by atoms with Crippen LogP contribution in [0.5, 0.6) is 0 Å². The van der Waals surface area contributed by atoms with Gasteiger partial charge in [-0.05, 0) is 34.1 Å². The highest BCUT2D eigenvalue weighted by Gasteiger charge is 2.14. The van der Waals surface area contributed by atoms with Crippen molar-refractivity contribution in [1.82, 2.24) is 14.5 Å². The maximum atomic E-state index is 12.4. The number of nitrogens with zero attached hydrogens (tertiary/aromatic N) is 3. The summed E-state index contributed by atoms with van der Waals surface area (Å²) in [7, 11) is 1.90. The first-order valence-electron chi connectivity index (χ1n) is 6.18. The van der Waals surface area contributed by atoms with Crippen molar-refractivity contribution in [2.75, 3.05) is 11.1 Å².